The maximum atomic E-state index is 13.6. The number of aliphatic hydroxyl groups is 1. The van der Waals surface area contributed by atoms with Gasteiger partial charge < -0.3 is 25.4 Å². The summed E-state index contributed by atoms with van der Waals surface area (Å²) in [7, 11) is 0. The molecule has 8 nitrogen and oxygen atoms in total. The molecule has 2 unspecified atom stereocenters. The largest absolute Gasteiger partial charge is 0.444 e. The highest BCUT2D eigenvalue weighted by Gasteiger charge is 2.44. The quantitative estimate of drug-likeness (QED) is 0.464. The molecular weight excluding hydrogens is 422 g/mol. The fraction of sp³-hybridized carbons (Fsp3) is 0.640. The second-order valence-corrected chi connectivity index (χ2v) is 9.75. The van der Waals surface area contributed by atoms with E-state index in [1.165, 1.54) is 4.90 Å². The Kier molecular flexibility index (Phi) is 9.28. The monoisotopic (exact) mass is 461 g/mol. The molecule has 33 heavy (non-hydrogen) atoms. The van der Waals surface area contributed by atoms with Crippen molar-refractivity contribution < 1.29 is 24.2 Å². The SMILES string of the molecule is CCCCNC(=O)C(c1ccc(C)c(C)c1)N(C(=O)C(CO)NC(=O)OC(C)(C)C)C1CC1. The predicted molar refractivity (Wildman–Crippen MR) is 127 cm³/mol. The molecular formula is C25H39N3O5. The summed E-state index contributed by atoms with van der Waals surface area (Å²) in [5.74, 6) is -0.763. The lowest BCUT2D eigenvalue weighted by Gasteiger charge is -2.34. The Morgan fingerprint density at radius 1 is 1.18 bits per heavy atom. The number of nitrogens with zero attached hydrogens (tertiary/aromatic N) is 1. The van der Waals surface area contributed by atoms with Crippen molar-refractivity contribution in [3.05, 3.63) is 34.9 Å². The molecule has 2 rings (SSSR count). The number of aryl methyl sites for hydroxylation is 2. The average molecular weight is 462 g/mol. The van der Waals surface area contributed by atoms with Crippen LogP contribution in [-0.4, -0.2) is 58.8 Å². The Bertz CT molecular complexity index is 845. The molecule has 3 N–H and O–H groups in total. The van der Waals surface area contributed by atoms with Crippen molar-refractivity contribution in [2.24, 2.45) is 0 Å². The van der Waals surface area contributed by atoms with E-state index in [1.54, 1.807) is 20.8 Å². The van der Waals surface area contributed by atoms with Gasteiger partial charge >= 0.3 is 6.09 Å². The smallest absolute Gasteiger partial charge is 0.408 e. The van der Waals surface area contributed by atoms with Crippen molar-refractivity contribution in [3.63, 3.8) is 0 Å². The average Bonchev–Trinajstić information content (AvgIpc) is 3.55. The molecule has 1 aliphatic carbocycles. The molecule has 3 amide bonds. The minimum atomic E-state index is -1.21. The first-order valence-corrected chi connectivity index (χ1v) is 11.8. The molecule has 0 bridgehead atoms. The van der Waals surface area contributed by atoms with Crippen LogP contribution in [0.4, 0.5) is 4.79 Å². The van der Waals surface area contributed by atoms with Crippen LogP contribution in [0.25, 0.3) is 0 Å². The van der Waals surface area contributed by atoms with Gasteiger partial charge in [-0.05, 0) is 70.6 Å². The first kappa shape index (κ1) is 26.6. The molecule has 0 spiro atoms. The number of carbonyl (C=O) groups is 3. The third-order valence-corrected chi connectivity index (χ3v) is 5.57. The minimum Gasteiger partial charge on any atom is -0.444 e. The maximum absolute atomic E-state index is 13.6. The lowest BCUT2D eigenvalue weighted by Crippen LogP contribution is -2.55. The van der Waals surface area contributed by atoms with Crippen molar-refractivity contribution in [3.8, 4) is 0 Å². The number of rotatable bonds is 10. The molecule has 8 heteroatoms. The Morgan fingerprint density at radius 2 is 1.85 bits per heavy atom. The number of nitrogens with one attached hydrogen (secondary N) is 2. The number of aliphatic hydroxyl groups excluding tert-OH is 1. The van der Waals surface area contributed by atoms with Crippen molar-refractivity contribution in [2.45, 2.75) is 91.0 Å². The summed E-state index contributed by atoms with van der Waals surface area (Å²) in [5.41, 5.74) is 2.08. The van der Waals surface area contributed by atoms with Gasteiger partial charge in [0, 0.05) is 12.6 Å². The Balaban J connectivity index is 2.37. The lowest BCUT2D eigenvalue weighted by atomic mass is 9.98. The number of carbonyl (C=O) groups excluding carboxylic acids is 3. The number of hydrogen-bond acceptors (Lipinski definition) is 5. The van der Waals surface area contributed by atoms with Crippen LogP contribution in [0.2, 0.25) is 0 Å². The Hall–Kier alpha value is -2.61. The van der Waals surface area contributed by atoms with E-state index >= 15 is 0 Å². The summed E-state index contributed by atoms with van der Waals surface area (Å²) in [6, 6.07) is 3.54. The first-order valence-electron chi connectivity index (χ1n) is 11.8. The van der Waals surface area contributed by atoms with Gasteiger partial charge in [0.1, 0.15) is 17.7 Å². The summed E-state index contributed by atoms with van der Waals surface area (Å²) in [6.07, 6.45) is 2.51. The molecule has 1 saturated carbocycles. The zero-order chi connectivity index (χ0) is 24.8. The van der Waals surface area contributed by atoms with E-state index in [1.807, 2.05) is 39.0 Å². The van der Waals surface area contributed by atoms with Gasteiger partial charge in [0.25, 0.3) is 0 Å². The number of benzene rings is 1. The number of amides is 3. The summed E-state index contributed by atoms with van der Waals surface area (Å²) in [5, 5.41) is 15.3. The van der Waals surface area contributed by atoms with Crippen LogP contribution < -0.4 is 10.6 Å². The van der Waals surface area contributed by atoms with Crippen LogP contribution >= 0.6 is 0 Å². The zero-order valence-electron chi connectivity index (χ0n) is 20.7. The third kappa shape index (κ3) is 7.74. The van der Waals surface area contributed by atoms with Gasteiger partial charge in [0.15, 0.2) is 0 Å². The summed E-state index contributed by atoms with van der Waals surface area (Å²) in [4.78, 5) is 40.7. The van der Waals surface area contributed by atoms with Gasteiger partial charge in [-0.15, -0.1) is 0 Å². The van der Waals surface area contributed by atoms with Crippen molar-refractivity contribution in [1.29, 1.82) is 0 Å². The second-order valence-electron chi connectivity index (χ2n) is 9.75. The second kappa shape index (κ2) is 11.5. The molecule has 1 aromatic carbocycles. The fourth-order valence-corrected chi connectivity index (χ4v) is 3.54. The standard InChI is InChI=1S/C25H39N3O5/c1-7-8-13-26-22(30)21(18-10-9-16(2)17(3)14-18)28(19-11-12-19)23(31)20(15-29)27-24(32)33-25(4,5)6/h9-10,14,19-21,29H,7-8,11-13,15H2,1-6H3,(H,26,30)(H,27,32). The number of unbranched alkanes of at least 4 members (excludes halogenated alkanes) is 1. The molecule has 0 aliphatic heterocycles. The molecule has 184 valence electrons. The van der Waals surface area contributed by atoms with Gasteiger partial charge in [0.2, 0.25) is 11.8 Å². The van der Waals surface area contributed by atoms with E-state index in [9.17, 15) is 19.5 Å². The third-order valence-electron chi connectivity index (χ3n) is 5.57. The van der Waals surface area contributed by atoms with Crippen LogP contribution in [0.5, 0.6) is 0 Å². The van der Waals surface area contributed by atoms with Crippen LogP contribution in [0.3, 0.4) is 0 Å². The molecule has 0 saturated heterocycles. The molecule has 1 aromatic rings. The van der Waals surface area contributed by atoms with Crippen LogP contribution in [0.1, 0.15) is 76.1 Å². The van der Waals surface area contributed by atoms with Gasteiger partial charge in [-0.2, -0.15) is 0 Å². The van der Waals surface area contributed by atoms with Gasteiger partial charge in [-0.3, -0.25) is 9.59 Å². The minimum absolute atomic E-state index is 0.129. The topological polar surface area (TPSA) is 108 Å². The number of alkyl carbamates (subject to hydrolysis) is 1. The van der Waals surface area contributed by atoms with Crippen LogP contribution in [-0.2, 0) is 14.3 Å². The number of hydrogen-bond donors (Lipinski definition) is 3. The molecule has 2 atom stereocenters. The van der Waals surface area contributed by atoms with E-state index in [0.29, 0.717) is 12.1 Å². The Labute approximate surface area is 197 Å². The zero-order valence-corrected chi connectivity index (χ0v) is 20.7. The van der Waals surface area contributed by atoms with Crippen molar-refractivity contribution in [1.82, 2.24) is 15.5 Å². The highest BCUT2D eigenvalue weighted by Crippen LogP contribution is 2.36. The maximum Gasteiger partial charge on any atom is 0.408 e. The van der Waals surface area contributed by atoms with E-state index < -0.39 is 36.3 Å². The normalized spacial score (nSPS) is 15.4. The van der Waals surface area contributed by atoms with E-state index in [2.05, 4.69) is 10.6 Å². The van der Waals surface area contributed by atoms with Crippen LogP contribution in [0.15, 0.2) is 18.2 Å². The highest BCUT2D eigenvalue weighted by molar-refractivity contribution is 5.92. The Morgan fingerprint density at radius 3 is 2.36 bits per heavy atom. The van der Waals surface area contributed by atoms with Crippen molar-refractivity contribution >= 4 is 17.9 Å². The van der Waals surface area contributed by atoms with Crippen molar-refractivity contribution in [2.75, 3.05) is 13.2 Å². The van der Waals surface area contributed by atoms with Gasteiger partial charge in [0.05, 0.1) is 6.61 Å². The van der Waals surface area contributed by atoms with Gasteiger partial charge in [-0.25, -0.2) is 4.79 Å². The van der Waals surface area contributed by atoms with E-state index in [4.69, 9.17) is 4.74 Å². The summed E-state index contributed by atoms with van der Waals surface area (Å²) >= 11 is 0. The molecule has 1 fully saturated rings. The molecule has 0 heterocycles. The van der Waals surface area contributed by atoms with Crippen LogP contribution in [0, 0.1) is 13.8 Å². The lowest BCUT2D eigenvalue weighted by molar-refractivity contribution is -0.144. The first-order chi connectivity index (χ1) is 15.5. The highest BCUT2D eigenvalue weighted by atomic mass is 16.6. The molecule has 1 aliphatic rings. The summed E-state index contributed by atoms with van der Waals surface area (Å²) in [6.45, 7) is 11.1. The summed E-state index contributed by atoms with van der Waals surface area (Å²) < 4.78 is 5.25. The molecule has 0 radical (unpaired) electrons. The van der Waals surface area contributed by atoms with E-state index in [-0.39, 0.29) is 11.9 Å². The van der Waals surface area contributed by atoms with Gasteiger partial charge in [-0.1, -0.05) is 31.5 Å². The predicted octanol–water partition coefficient (Wildman–Crippen LogP) is 3.14. The molecule has 0 aromatic heterocycles. The van der Waals surface area contributed by atoms with E-state index in [0.717, 1.165) is 36.8 Å². The fourth-order valence-electron chi connectivity index (χ4n) is 3.54. The number of ether oxygens (including phenoxy) is 1.